The fraction of sp³-hybridized carbons (Fsp3) is 0.182. The van der Waals surface area contributed by atoms with Crippen molar-refractivity contribution in [2.75, 3.05) is 12.3 Å². The SMILES string of the molecule is CCOc1nn(-c2ccccc2)cc1N. The first-order chi connectivity index (χ1) is 7.31. The fourth-order valence-corrected chi connectivity index (χ4v) is 1.33. The van der Waals surface area contributed by atoms with Gasteiger partial charge in [0.05, 0.1) is 18.5 Å². The summed E-state index contributed by atoms with van der Waals surface area (Å²) in [5.41, 5.74) is 7.28. The summed E-state index contributed by atoms with van der Waals surface area (Å²) in [5.74, 6) is 0.487. The van der Waals surface area contributed by atoms with Crippen molar-refractivity contribution < 1.29 is 4.74 Å². The smallest absolute Gasteiger partial charge is 0.256 e. The predicted molar refractivity (Wildman–Crippen MR) is 59.1 cm³/mol. The lowest BCUT2D eigenvalue weighted by Gasteiger charge is -1.99. The van der Waals surface area contributed by atoms with Crippen molar-refractivity contribution in [2.45, 2.75) is 6.92 Å². The van der Waals surface area contributed by atoms with E-state index in [0.29, 0.717) is 18.2 Å². The Labute approximate surface area is 88.3 Å². The molecule has 0 fully saturated rings. The van der Waals surface area contributed by atoms with Crippen LogP contribution in [-0.4, -0.2) is 16.4 Å². The van der Waals surface area contributed by atoms with E-state index in [2.05, 4.69) is 5.10 Å². The number of benzene rings is 1. The quantitative estimate of drug-likeness (QED) is 0.828. The molecule has 1 heterocycles. The molecule has 0 amide bonds. The molecule has 1 aromatic heterocycles. The van der Waals surface area contributed by atoms with Crippen LogP contribution in [0.5, 0.6) is 5.88 Å². The number of aromatic nitrogens is 2. The van der Waals surface area contributed by atoms with Crippen molar-refractivity contribution >= 4 is 5.69 Å². The second-order valence-electron chi connectivity index (χ2n) is 3.10. The molecule has 0 radical (unpaired) electrons. The van der Waals surface area contributed by atoms with Gasteiger partial charge in [-0.2, -0.15) is 0 Å². The molecule has 0 atom stereocenters. The number of nitrogens with two attached hydrogens (primary N) is 1. The van der Waals surface area contributed by atoms with Gasteiger partial charge in [0.25, 0.3) is 5.88 Å². The Kier molecular flexibility index (Phi) is 2.58. The number of hydrogen-bond acceptors (Lipinski definition) is 3. The van der Waals surface area contributed by atoms with Crippen molar-refractivity contribution in [3.63, 3.8) is 0 Å². The minimum absolute atomic E-state index is 0.487. The lowest BCUT2D eigenvalue weighted by atomic mass is 10.3. The third-order valence-corrected chi connectivity index (χ3v) is 2.01. The van der Waals surface area contributed by atoms with E-state index < -0.39 is 0 Å². The van der Waals surface area contributed by atoms with Crippen molar-refractivity contribution in [1.82, 2.24) is 9.78 Å². The standard InChI is InChI=1S/C11H13N3O/c1-2-15-11-10(12)8-14(13-11)9-6-4-3-5-7-9/h3-8H,2,12H2,1H3. The molecule has 0 spiro atoms. The molecule has 2 aromatic rings. The van der Waals surface area contributed by atoms with Crippen molar-refractivity contribution in [3.8, 4) is 11.6 Å². The largest absolute Gasteiger partial charge is 0.475 e. The van der Waals surface area contributed by atoms with Gasteiger partial charge in [0.1, 0.15) is 5.69 Å². The van der Waals surface area contributed by atoms with Gasteiger partial charge in [-0.15, -0.1) is 5.10 Å². The first-order valence-corrected chi connectivity index (χ1v) is 4.84. The van der Waals surface area contributed by atoms with Crippen molar-refractivity contribution in [1.29, 1.82) is 0 Å². The normalized spacial score (nSPS) is 10.2. The third kappa shape index (κ3) is 1.93. The van der Waals surface area contributed by atoms with Crippen LogP contribution in [0.2, 0.25) is 0 Å². The Hall–Kier alpha value is -1.97. The Morgan fingerprint density at radius 3 is 2.73 bits per heavy atom. The number of ether oxygens (including phenoxy) is 1. The number of para-hydroxylation sites is 1. The summed E-state index contributed by atoms with van der Waals surface area (Å²) in [6, 6.07) is 9.78. The highest BCUT2D eigenvalue weighted by Crippen LogP contribution is 2.20. The van der Waals surface area contributed by atoms with E-state index in [4.69, 9.17) is 10.5 Å². The highest BCUT2D eigenvalue weighted by molar-refractivity contribution is 5.48. The Bertz CT molecular complexity index is 436. The topological polar surface area (TPSA) is 53.1 Å². The van der Waals surface area contributed by atoms with E-state index in [1.165, 1.54) is 0 Å². The zero-order chi connectivity index (χ0) is 10.7. The predicted octanol–water partition coefficient (Wildman–Crippen LogP) is 1.85. The van der Waals surface area contributed by atoms with E-state index in [0.717, 1.165) is 5.69 Å². The zero-order valence-corrected chi connectivity index (χ0v) is 8.55. The summed E-state index contributed by atoms with van der Waals surface area (Å²) < 4.78 is 6.99. The first kappa shape index (κ1) is 9.58. The van der Waals surface area contributed by atoms with Crippen LogP contribution in [0.4, 0.5) is 5.69 Å². The van der Waals surface area contributed by atoms with Gasteiger partial charge in [-0.25, -0.2) is 4.68 Å². The molecule has 2 N–H and O–H groups in total. The number of nitrogen functional groups attached to an aromatic ring is 1. The lowest BCUT2D eigenvalue weighted by molar-refractivity contribution is 0.326. The highest BCUT2D eigenvalue weighted by Gasteiger charge is 2.06. The van der Waals surface area contributed by atoms with Crippen LogP contribution in [0.1, 0.15) is 6.92 Å². The van der Waals surface area contributed by atoms with Crippen LogP contribution >= 0.6 is 0 Å². The second kappa shape index (κ2) is 4.04. The molecule has 78 valence electrons. The summed E-state index contributed by atoms with van der Waals surface area (Å²) >= 11 is 0. The van der Waals surface area contributed by atoms with Gasteiger partial charge in [-0.3, -0.25) is 0 Å². The molecule has 2 rings (SSSR count). The van der Waals surface area contributed by atoms with Gasteiger partial charge in [-0.05, 0) is 19.1 Å². The Morgan fingerprint density at radius 2 is 2.07 bits per heavy atom. The van der Waals surface area contributed by atoms with Crippen molar-refractivity contribution in [3.05, 3.63) is 36.5 Å². The Balaban J connectivity index is 2.34. The van der Waals surface area contributed by atoms with Crippen LogP contribution in [0.15, 0.2) is 36.5 Å². The van der Waals surface area contributed by atoms with Crippen LogP contribution in [-0.2, 0) is 0 Å². The van der Waals surface area contributed by atoms with Crippen LogP contribution in [0.3, 0.4) is 0 Å². The number of rotatable bonds is 3. The first-order valence-electron chi connectivity index (χ1n) is 4.84. The van der Waals surface area contributed by atoms with E-state index in [-0.39, 0.29) is 0 Å². The maximum absolute atomic E-state index is 5.76. The zero-order valence-electron chi connectivity index (χ0n) is 8.55. The van der Waals surface area contributed by atoms with Gasteiger partial charge in [-0.1, -0.05) is 18.2 Å². The molecule has 0 unspecified atom stereocenters. The molecule has 4 heteroatoms. The van der Waals surface area contributed by atoms with E-state index in [9.17, 15) is 0 Å². The highest BCUT2D eigenvalue weighted by atomic mass is 16.5. The van der Waals surface area contributed by atoms with Gasteiger partial charge in [0, 0.05) is 0 Å². The van der Waals surface area contributed by atoms with E-state index >= 15 is 0 Å². The molecule has 0 aliphatic rings. The van der Waals surface area contributed by atoms with Crippen LogP contribution in [0, 0.1) is 0 Å². The Morgan fingerprint density at radius 1 is 1.33 bits per heavy atom. The summed E-state index contributed by atoms with van der Waals surface area (Å²) in [6.07, 6.45) is 1.75. The van der Waals surface area contributed by atoms with E-state index in [1.54, 1.807) is 10.9 Å². The molecule has 0 saturated heterocycles. The molecule has 1 aromatic carbocycles. The second-order valence-corrected chi connectivity index (χ2v) is 3.10. The molecular weight excluding hydrogens is 190 g/mol. The summed E-state index contributed by atoms with van der Waals surface area (Å²) in [5, 5.41) is 4.24. The minimum Gasteiger partial charge on any atom is -0.475 e. The molecular formula is C11H13N3O. The van der Waals surface area contributed by atoms with Crippen LogP contribution in [0.25, 0.3) is 5.69 Å². The molecule has 15 heavy (non-hydrogen) atoms. The van der Waals surface area contributed by atoms with Crippen LogP contribution < -0.4 is 10.5 Å². The number of nitrogens with zero attached hydrogens (tertiary/aromatic N) is 2. The lowest BCUT2D eigenvalue weighted by Crippen LogP contribution is -1.97. The molecule has 0 aliphatic carbocycles. The number of hydrogen-bond donors (Lipinski definition) is 1. The summed E-state index contributed by atoms with van der Waals surface area (Å²) in [7, 11) is 0. The van der Waals surface area contributed by atoms with Gasteiger partial charge >= 0.3 is 0 Å². The average molecular weight is 203 g/mol. The molecule has 0 saturated carbocycles. The average Bonchev–Trinajstić information content (AvgIpc) is 2.63. The summed E-state index contributed by atoms with van der Waals surface area (Å²) in [4.78, 5) is 0. The fourth-order valence-electron chi connectivity index (χ4n) is 1.33. The van der Waals surface area contributed by atoms with Gasteiger partial charge < -0.3 is 10.5 Å². The van der Waals surface area contributed by atoms with E-state index in [1.807, 2.05) is 37.3 Å². The van der Waals surface area contributed by atoms with Crippen molar-refractivity contribution in [2.24, 2.45) is 0 Å². The van der Waals surface area contributed by atoms with Gasteiger partial charge in [0.2, 0.25) is 0 Å². The van der Waals surface area contributed by atoms with Gasteiger partial charge in [0.15, 0.2) is 0 Å². The number of anilines is 1. The monoisotopic (exact) mass is 203 g/mol. The molecule has 4 nitrogen and oxygen atoms in total. The third-order valence-electron chi connectivity index (χ3n) is 2.01. The molecule has 0 aliphatic heterocycles. The molecule has 0 bridgehead atoms. The maximum Gasteiger partial charge on any atom is 0.256 e. The summed E-state index contributed by atoms with van der Waals surface area (Å²) in [6.45, 7) is 2.47. The minimum atomic E-state index is 0.487. The maximum atomic E-state index is 5.76.